The Morgan fingerprint density at radius 3 is 2.74 bits per heavy atom. The second-order valence-corrected chi connectivity index (χ2v) is 7.23. The molecule has 2 heterocycles. The molecule has 8 heteroatoms. The predicted molar refractivity (Wildman–Crippen MR) is 96.4 cm³/mol. The van der Waals surface area contributed by atoms with Crippen LogP contribution in [0.25, 0.3) is 0 Å². The smallest absolute Gasteiger partial charge is 0.308 e. The molecule has 1 saturated heterocycles. The quantitative estimate of drug-likeness (QED) is 0.807. The molecule has 1 aromatic heterocycles. The lowest BCUT2D eigenvalue weighted by Crippen LogP contribution is -2.46. The van der Waals surface area contributed by atoms with Gasteiger partial charge in [0.2, 0.25) is 11.8 Å². The molecule has 3 rings (SSSR count). The minimum Gasteiger partial charge on any atom is -0.481 e. The number of aromatic nitrogens is 1. The topological polar surface area (TPSA) is 100 Å². The van der Waals surface area contributed by atoms with E-state index in [2.05, 4.69) is 4.98 Å². The van der Waals surface area contributed by atoms with Gasteiger partial charge in [-0.1, -0.05) is 0 Å². The Morgan fingerprint density at radius 2 is 2.07 bits per heavy atom. The Bertz CT molecular complexity index is 719. The average molecular weight is 375 g/mol. The molecule has 146 valence electrons. The first-order chi connectivity index (χ1) is 12.9. The summed E-state index contributed by atoms with van der Waals surface area (Å²) in [6.45, 7) is 0.635. The summed E-state index contributed by atoms with van der Waals surface area (Å²) in [6, 6.07) is 3.20. The van der Waals surface area contributed by atoms with E-state index in [1.807, 2.05) is 0 Å². The molecule has 2 aliphatic rings. The van der Waals surface area contributed by atoms with Crippen molar-refractivity contribution in [3.05, 3.63) is 23.9 Å². The minimum atomic E-state index is -0.882. The Hall–Kier alpha value is -2.64. The number of rotatable bonds is 6. The maximum atomic E-state index is 12.6. The lowest BCUT2D eigenvalue weighted by Gasteiger charge is -2.32. The van der Waals surface area contributed by atoms with E-state index >= 15 is 0 Å². The maximum absolute atomic E-state index is 12.6. The highest BCUT2D eigenvalue weighted by Crippen LogP contribution is 2.24. The van der Waals surface area contributed by atoms with E-state index in [-0.39, 0.29) is 31.0 Å². The number of carbonyl (C=O) groups excluding carboxylic acids is 2. The van der Waals surface area contributed by atoms with Crippen molar-refractivity contribution < 1.29 is 24.2 Å². The molecule has 2 fully saturated rings. The average Bonchev–Trinajstić information content (AvgIpc) is 2.64. The molecule has 2 amide bonds. The normalized spacial score (nSPS) is 19.9. The van der Waals surface area contributed by atoms with Gasteiger partial charge in [-0.2, -0.15) is 0 Å². The first kappa shape index (κ1) is 19.1. The van der Waals surface area contributed by atoms with Crippen molar-refractivity contribution in [3.63, 3.8) is 0 Å². The molecular formula is C19H25N3O5. The van der Waals surface area contributed by atoms with E-state index in [1.165, 1.54) is 16.0 Å². The third-order valence-electron chi connectivity index (χ3n) is 5.16. The van der Waals surface area contributed by atoms with E-state index in [0.717, 1.165) is 19.3 Å². The molecule has 8 nitrogen and oxygen atoms in total. The lowest BCUT2D eigenvalue weighted by atomic mass is 9.96. The number of carbonyl (C=O) groups is 3. The van der Waals surface area contributed by atoms with E-state index in [1.54, 1.807) is 19.2 Å². The molecule has 1 aliphatic heterocycles. The first-order valence-corrected chi connectivity index (χ1v) is 9.33. The van der Waals surface area contributed by atoms with Gasteiger partial charge in [0.25, 0.3) is 5.91 Å². The van der Waals surface area contributed by atoms with Crippen LogP contribution in [0.3, 0.4) is 0 Å². The number of pyridine rings is 1. The Kier molecular flexibility index (Phi) is 5.93. The largest absolute Gasteiger partial charge is 0.481 e. The van der Waals surface area contributed by atoms with Crippen molar-refractivity contribution >= 4 is 17.8 Å². The van der Waals surface area contributed by atoms with E-state index in [9.17, 15) is 14.4 Å². The highest BCUT2D eigenvalue weighted by Gasteiger charge is 2.29. The number of hydrogen-bond acceptors (Lipinski definition) is 5. The van der Waals surface area contributed by atoms with Gasteiger partial charge in [-0.05, 0) is 38.2 Å². The number of amides is 2. The van der Waals surface area contributed by atoms with Crippen LogP contribution in [0.1, 0.15) is 42.5 Å². The van der Waals surface area contributed by atoms with Gasteiger partial charge in [-0.3, -0.25) is 14.4 Å². The van der Waals surface area contributed by atoms with Crippen molar-refractivity contribution in [2.45, 2.75) is 38.2 Å². The summed E-state index contributed by atoms with van der Waals surface area (Å²) < 4.78 is 5.72. The van der Waals surface area contributed by atoms with Crippen molar-refractivity contribution in [2.24, 2.45) is 5.92 Å². The number of likely N-dealkylation sites (N-methyl/N-ethyl adjacent to an activating group) is 1. The summed E-state index contributed by atoms with van der Waals surface area (Å²) in [6.07, 6.45) is 6.08. The van der Waals surface area contributed by atoms with Gasteiger partial charge >= 0.3 is 5.97 Å². The van der Waals surface area contributed by atoms with E-state index < -0.39 is 11.9 Å². The number of nitrogens with zero attached hydrogens (tertiary/aromatic N) is 3. The van der Waals surface area contributed by atoms with Crippen molar-refractivity contribution in [2.75, 3.05) is 26.7 Å². The molecule has 0 bridgehead atoms. The van der Waals surface area contributed by atoms with E-state index in [4.69, 9.17) is 9.84 Å². The molecule has 0 aromatic carbocycles. The third-order valence-corrected chi connectivity index (χ3v) is 5.16. The highest BCUT2D eigenvalue weighted by atomic mass is 16.5. The van der Waals surface area contributed by atoms with Gasteiger partial charge in [0.05, 0.1) is 12.5 Å². The molecule has 1 aromatic rings. The van der Waals surface area contributed by atoms with Gasteiger partial charge in [0.1, 0.15) is 6.10 Å². The molecule has 0 spiro atoms. The van der Waals surface area contributed by atoms with Gasteiger partial charge in [0.15, 0.2) is 0 Å². The Morgan fingerprint density at radius 1 is 1.30 bits per heavy atom. The van der Waals surface area contributed by atoms with Crippen LogP contribution in [0.5, 0.6) is 5.88 Å². The molecule has 1 aliphatic carbocycles. The van der Waals surface area contributed by atoms with Gasteiger partial charge in [0, 0.05) is 38.0 Å². The molecule has 1 saturated carbocycles. The zero-order chi connectivity index (χ0) is 19.4. The van der Waals surface area contributed by atoms with Crippen LogP contribution in [0.2, 0.25) is 0 Å². The fourth-order valence-corrected chi connectivity index (χ4v) is 3.27. The molecule has 27 heavy (non-hydrogen) atoms. The summed E-state index contributed by atoms with van der Waals surface area (Å²) >= 11 is 0. The van der Waals surface area contributed by atoms with Crippen LogP contribution in [0.15, 0.2) is 18.3 Å². The summed E-state index contributed by atoms with van der Waals surface area (Å²) in [5, 5.41) is 9.15. The number of piperidine rings is 1. The first-order valence-electron chi connectivity index (χ1n) is 9.33. The van der Waals surface area contributed by atoms with Gasteiger partial charge < -0.3 is 19.6 Å². The molecule has 1 atom stereocenters. The van der Waals surface area contributed by atoms with Gasteiger partial charge in [-0.15, -0.1) is 0 Å². The summed E-state index contributed by atoms with van der Waals surface area (Å²) in [5.74, 6) is -1.53. The summed E-state index contributed by atoms with van der Waals surface area (Å²) in [5.41, 5.74) is 0.414. The van der Waals surface area contributed by atoms with Crippen molar-refractivity contribution in [1.29, 1.82) is 0 Å². The zero-order valence-corrected chi connectivity index (χ0v) is 15.5. The molecule has 1 unspecified atom stereocenters. The standard InChI is InChI=1S/C19H25N3O5/c1-21(12-17(23)22-9-3-4-14(11-22)19(25)26)18(24)13-7-8-20-16(10-13)27-15-5-2-6-15/h7-8,10,14-15H,2-6,9,11-12H2,1H3,(H,25,26). The summed E-state index contributed by atoms with van der Waals surface area (Å²) in [7, 11) is 1.56. The van der Waals surface area contributed by atoms with Gasteiger partial charge in [-0.25, -0.2) is 4.98 Å². The second-order valence-electron chi connectivity index (χ2n) is 7.23. The monoisotopic (exact) mass is 375 g/mol. The number of ether oxygens (including phenoxy) is 1. The number of hydrogen-bond donors (Lipinski definition) is 1. The number of likely N-dealkylation sites (tertiary alicyclic amines) is 1. The van der Waals surface area contributed by atoms with Crippen LogP contribution >= 0.6 is 0 Å². The highest BCUT2D eigenvalue weighted by molar-refractivity contribution is 5.96. The predicted octanol–water partition coefficient (Wildman–Crippen LogP) is 1.41. The van der Waals surface area contributed by atoms with Crippen LogP contribution in [0, 0.1) is 5.92 Å². The third kappa shape index (κ3) is 4.75. The fourth-order valence-electron chi connectivity index (χ4n) is 3.27. The van der Waals surface area contributed by atoms with Crippen LogP contribution in [0.4, 0.5) is 0 Å². The lowest BCUT2D eigenvalue weighted by molar-refractivity contribution is -0.145. The Labute approximate surface area is 158 Å². The maximum Gasteiger partial charge on any atom is 0.308 e. The number of carboxylic acid groups (broad SMARTS) is 1. The van der Waals surface area contributed by atoms with Crippen LogP contribution in [-0.2, 0) is 9.59 Å². The van der Waals surface area contributed by atoms with Crippen LogP contribution < -0.4 is 4.74 Å². The minimum absolute atomic E-state index is 0.0910. The zero-order valence-electron chi connectivity index (χ0n) is 15.5. The number of aliphatic carboxylic acids is 1. The molecule has 1 N–H and O–H groups in total. The second kappa shape index (κ2) is 8.37. The molecular weight excluding hydrogens is 350 g/mol. The Balaban J connectivity index is 1.57. The summed E-state index contributed by atoms with van der Waals surface area (Å²) in [4.78, 5) is 43.3. The fraction of sp³-hybridized carbons (Fsp3) is 0.579. The van der Waals surface area contributed by atoms with E-state index in [0.29, 0.717) is 30.8 Å². The SMILES string of the molecule is CN(CC(=O)N1CCCC(C(=O)O)C1)C(=O)c1ccnc(OC2CCC2)c1. The van der Waals surface area contributed by atoms with Crippen molar-refractivity contribution in [3.8, 4) is 5.88 Å². The van der Waals surface area contributed by atoms with Crippen molar-refractivity contribution in [1.82, 2.24) is 14.8 Å². The molecule has 0 radical (unpaired) electrons. The number of carboxylic acids is 1. The van der Waals surface area contributed by atoms with Crippen LogP contribution in [-0.4, -0.2) is 70.5 Å².